The second kappa shape index (κ2) is 21.2. The first-order chi connectivity index (χ1) is 28.6. The fourth-order valence-corrected chi connectivity index (χ4v) is 5.11. The van der Waals surface area contributed by atoms with Crippen LogP contribution in [0.5, 0.6) is 0 Å². The first-order valence-electron chi connectivity index (χ1n) is 17.2. The molecule has 0 aliphatic rings. The van der Waals surface area contributed by atoms with Crippen molar-refractivity contribution >= 4 is 72.3 Å². The standard InChI is InChI=1S/C48H30O12/c49-43(50)13-7-37-22-34(23-38(28-37)8-14-44(51)52)4-1-31-19-32(2-5-35-24-39(9-15-45(53)54)29-40(25-35)10-16-46(55)56)21-33(20-31)3-6-36-26-41(11-17-47(57)58)30-42(27-36)12-18-48(59)60/h7-30H,(H,49,50)(H,51,52)(H,53,54)(H,55,56)(H,57,58)(H,59,60)/b13-7+,14-8+,15-9+,16-10+,17-11+,18-12+. The topological polar surface area (TPSA) is 224 Å². The minimum Gasteiger partial charge on any atom is -0.478 e. The van der Waals surface area contributed by atoms with Gasteiger partial charge in [-0.1, -0.05) is 35.5 Å². The normalized spacial score (nSPS) is 11.0. The van der Waals surface area contributed by atoms with Gasteiger partial charge in [-0.05, 0) is 143 Å². The van der Waals surface area contributed by atoms with E-state index in [0.29, 0.717) is 66.8 Å². The molecule has 294 valence electrons. The van der Waals surface area contributed by atoms with E-state index < -0.39 is 35.8 Å². The molecule has 0 fully saturated rings. The lowest BCUT2D eigenvalue weighted by Crippen LogP contribution is -1.90. The van der Waals surface area contributed by atoms with Gasteiger partial charge >= 0.3 is 35.8 Å². The van der Waals surface area contributed by atoms with Gasteiger partial charge in [0.15, 0.2) is 0 Å². The van der Waals surface area contributed by atoms with Crippen LogP contribution in [-0.4, -0.2) is 66.5 Å². The Hall–Kier alpha value is -9.18. The number of carbonyl (C=O) groups is 6. The van der Waals surface area contributed by atoms with Crippen LogP contribution in [-0.2, 0) is 28.8 Å². The second-order valence-corrected chi connectivity index (χ2v) is 12.2. The van der Waals surface area contributed by atoms with Crippen molar-refractivity contribution in [2.75, 3.05) is 0 Å². The lowest BCUT2D eigenvalue weighted by atomic mass is 10.0. The van der Waals surface area contributed by atoms with E-state index in [0.717, 1.165) is 36.5 Å². The predicted octanol–water partition coefficient (Wildman–Crippen LogP) is 6.47. The van der Waals surface area contributed by atoms with Crippen LogP contribution in [0, 0.1) is 35.5 Å². The lowest BCUT2D eigenvalue weighted by Gasteiger charge is -2.02. The molecular formula is C48H30O12. The van der Waals surface area contributed by atoms with E-state index in [1.54, 1.807) is 72.8 Å². The Morgan fingerprint density at radius 2 is 0.417 bits per heavy atom. The van der Waals surface area contributed by atoms with Gasteiger partial charge in [-0.25, -0.2) is 28.8 Å². The summed E-state index contributed by atoms with van der Waals surface area (Å²) in [5, 5.41) is 54.8. The molecule has 0 saturated carbocycles. The highest BCUT2D eigenvalue weighted by Crippen LogP contribution is 2.18. The number of carboxylic acids is 6. The molecule has 0 amide bonds. The van der Waals surface area contributed by atoms with Crippen LogP contribution >= 0.6 is 0 Å². The van der Waals surface area contributed by atoms with Gasteiger partial charge in [-0.15, -0.1) is 0 Å². The van der Waals surface area contributed by atoms with Gasteiger partial charge < -0.3 is 30.6 Å². The summed E-state index contributed by atoms with van der Waals surface area (Å²) in [6, 6.07) is 19.4. The van der Waals surface area contributed by atoms with Gasteiger partial charge in [0.05, 0.1) is 0 Å². The van der Waals surface area contributed by atoms with Crippen LogP contribution in [0.3, 0.4) is 0 Å². The maximum atomic E-state index is 11.2. The zero-order chi connectivity index (χ0) is 43.6. The smallest absolute Gasteiger partial charge is 0.328 e. The Morgan fingerprint density at radius 3 is 0.567 bits per heavy atom. The molecule has 60 heavy (non-hydrogen) atoms. The van der Waals surface area contributed by atoms with Crippen LogP contribution in [0.15, 0.2) is 109 Å². The summed E-state index contributed by atoms with van der Waals surface area (Å²) >= 11 is 0. The van der Waals surface area contributed by atoms with E-state index in [4.69, 9.17) is 30.6 Å². The van der Waals surface area contributed by atoms with Crippen molar-refractivity contribution in [1.29, 1.82) is 0 Å². The SMILES string of the molecule is O=C(O)/C=C/c1cc(C#Cc2cc(C#Cc3cc(/C=C/C(=O)O)cc(/C=C/C(=O)O)c3)cc(C#Cc3cc(/C=C/C(=O)O)cc(/C=C/C(=O)O)c3)c2)cc(/C=C/C(=O)O)c1. The Balaban J connectivity index is 1.91. The summed E-state index contributed by atoms with van der Waals surface area (Å²) in [5.74, 6) is 11.0. The molecule has 0 heterocycles. The van der Waals surface area contributed by atoms with Crippen molar-refractivity contribution in [2.45, 2.75) is 0 Å². The maximum Gasteiger partial charge on any atom is 0.328 e. The van der Waals surface area contributed by atoms with Crippen molar-refractivity contribution in [3.05, 3.63) is 176 Å². The van der Waals surface area contributed by atoms with E-state index in [1.807, 2.05) is 0 Å². The zero-order valence-corrected chi connectivity index (χ0v) is 31.0. The summed E-state index contributed by atoms with van der Waals surface area (Å²) in [6.45, 7) is 0. The third-order valence-electron chi connectivity index (χ3n) is 7.43. The Kier molecular flexibility index (Phi) is 15.4. The van der Waals surface area contributed by atoms with Crippen molar-refractivity contribution < 1.29 is 59.4 Å². The molecule has 4 aromatic rings. The summed E-state index contributed by atoms with van der Waals surface area (Å²) in [6.07, 6.45) is 13.6. The Labute approximate surface area is 342 Å². The van der Waals surface area contributed by atoms with Gasteiger partial charge in [0.1, 0.15) is 0 Å². The van der Waals surface area contributed by atoms with E-state index in [2.05, 4.69) is 35.5 Å². The fourth-order valence-electron chi connectivity index (χ4n) is 5.11. The van der Waals surface area contributed by atoms with Crippen LogP contribution in [0.4, 0.5) is 0 Å². The summed E-state index contributed by atoms with van der Waals surface area (Å²) in [7, 11) is 0. The van der Waals surface area contributed by atoms with E-state index >= 15 is 0 Å². The Morgan fingerprint density at radius 1 is 0.267 bits per heavy atom. The largest absolute Gasteiger partial charge is 0.478 e. The third kappa shape index (κ3) is 15.9. The molecule has 12 heteroatoms. The average molecular weight is 799 g/mol. The van der Waals surface area contributed by atoms with Crippen LogP contribution in [0.1, 0.15) is 66.8 Å². The zero-order valence-electron chi connectivity index (χ0n) is 31.0. The molecular weight excluding hydrogens is 769 g/mol. The first-order valence-corrected chi connectivity index (χ1v) is 17.2. The second-order valence-electron chi connectivity index (χ2n) is 12.2. The molecule has 4 rings (SSSR count). The number of rotatable bonds is 12. The maximum absolute atomic E-state index is 11.2. The summed E-state index contributed by atoms with van der Waals surface area (Å²) in [4.78, 5) is 67.1. The summed E-state index contributed by atoms with van der Waals surface area (Å²) < 4.78 is 0. The number of carboxylic acid groups (broad SMARTS) is 6. The highest BCUT2D eigenvalue weighted by Gasteiger charge is 2.03. The average Bonchev–Trinajstić information content (AvgIpc) is 3.19. The fraction of sp³-hybridized carbons (Fsp3) is 0. The van der Waals surface area contributed by atoms with Crippen molar-refractivity contribution in [3.8, 4) is 35.5 Å². The van der Waals surface area contributed by atoms with Gasteiger partial charge in [0.25, 0.3) is 0 Å². The molecule has 0 unspecified atom stereocenters. The molecule has 6 N–H and O–H groups in total. The molecule has 0 aliphatic heterocycles. The number of benzene rings is 4. The Bertz CT molecular complexity index is 2350. The molecule has 0 radical (unpaired) electrons. The molecule has 0 spiro atoms. The minimum absolute atomic E-state index is 0.415. The van der Waals surface area contributed by atoms with Crippen LogP contribution in [0.2, 0.25) is 0 Å². The molecule has 0 aromatic heterocycles. The van der Waals surface area contributed by atoms with Crippen molar-refractivity contribution in [1.82, 2.24) is 0 Å². The monoisotopic (exact) mass is 798 g/mol. The van der Waals surface area contributed by atoms with Gasteiger partial charge in [0.2, 0.25) is 0 Å². The molecule has 0 aliphatic carbocycles. The summed E-state index contributed by atoms with van der Waals surface area (Å²) in [5.41, 5.74) is 5.16. The molecule has 0 bridgehead atoms. The molecule has 4 aromatic carbocycles. The highest BCUT2D eigenvalue weighted by atomic mass is 16.4. The van der Waals surface area contributed by atoms with Crippen LogP contribution < -0.4 is 0 Å². The molecule has 12 nitrogen and oxygen atoms in total. The predicted molar refractivity (Wildman–Crippen MR) is 224 cm³/mol. The van der Waals surface area contributed by atoms with Gasteiger partial charge in [-0.3, -0.25) is 0 Å². The third-order valence-corrected chi connectivity index (χ3v) is 7.43. The quantitative estimate of drug-likeness (QED) is 0.0670. The van der Waals surface area contributed by atoms with Crippen molar-refractivity contribution in [3.63, 3.8) is 0 Å². The minimum atomic E-state index is -1.19. The van der Waals surface area contributed by atoms with E-state index in [-0.39, 0.29) is 0 Å². The highest BCUT2D eigenvalue weighted by molar-refractivity contribution is 5.89. The first kappa shape index (κ1) is 43.5. The van der Waals surface area contributed by atoms with Crippen LogP contribution in [0.25, 0.3) is 36.5 Å². The van der Waals surface area contributed by atoms with E-state index in [9.17, 15) is 28.8 Å². The van der Waals surface area contributed by atoms with Gasteiger partial charge in [0, 0.05) is 69.8 Å². The number of hydrogen-bond donors (Lipinski definition) is 6. The number of hydrogen-bond acceptors (Lipinski definition) is 6. The van der Waals surface area contributed by atoms with E-state index in [1.165, 1.54) is 36.5 Å². The van der Waals surface area contributed by atoms with Crippen molar-refractivity contribution in [2.24, 2.45) is 0 Å². The molecule has 0 saturated heterocycles. The number of aliphatic carboxylic acids is 6. The lowest BCUT2D eigenvalue weighted by molar-refractivity contribution is -0.132. The molecule has 0 atom stereocenters. The van der Waals surface area contributed by atoms with Gasteiger partial charge in [-0.2, -0.15) is 0 Å².